The van der Waals surface area contributed by atoms with Crippen LogP contribution in [0.5, 0.6) is 0 Å². The number of nitrogens with one attached hydrogen (secondary N) is 1. The van der Waals surface area contributed by atoms with Gasteiger partial charge in [-0.3, -0.25) is 14.6 Å². The highest BCUT2D eigenvalue weighted by Gasteiger charge is 2.27. The first-order valence-electron chi connectivity index (χ1n) is 9.71. The van der Waals surface area contributed by atoms with Crippen molar-refractivity contribution >= 4 is 11.6 Å². The molecular formula is C20H32N4O. The number of unbranched alkanes of at least 4 members (excludes halogenated alkanes) is 1. The highest BCUT2D eigenvalue weighted by Crippen LogP contribution is 2.24. The van der Waals surface area contributed by atoms with Gasteiger partial charge in [0.25, 0.3) is 0 Å². The third kappa shape index (κ3) is 6.01. The van der Waals surface area contributed by atoms with Crippen LogP contribution in [-0.4, -0.2) is 74.6 Å². The van der Waals surface area contributed by atoms with E-state index in [2.05, 4.69) is 50.3 Å². The Morgan fingerprint density at radius 3 is 2.52 bits per heavy atom. The first-order chi connectivity index (χ1) is 12.2. The average molecular weight is 345 g/mol. The minimum absolute atomic E-state index is 0.172. The van der Waals surface area contributed by atoms with Crippen molar-refractivity contribution in [2.24, 2.45) is 0 Å². The van der Waals surface area contributed by atoms with Crippen LogP contribution in [0.25, 0.3) is 0 Å². The van der Waals surface area contributed by atoms with Crippen molar-refractivity contribution in [1.29, 1.82) is 0 Å². The van der Waals surface area contributed by atoms with Crippen LogP contribution in [0.15, 0.2) is 30.3 Å². The number of hydrogen-bond donors (Lipinski definition) is 1. The van der Waals surface area contributed by atoms with Gasteiger partial charge >= 0.3 is 0 Å². The molecule has 2 aliphatic rings. The van der Waals surface area contributed by atoms with Gasteiger partial charge in [0.1, 0.15) is 0 Å². The van der Waals surface area contributed by atoms with Crippen molar-refractivity contribution in [1.82, 2.24) is 15.1 Å². The van der Waals surface area contributed by atoms with Crippen molar-refractivity contribution in [2.45, 2.75) is 31.7 Å². The second-order valence-corrected chi connectivity index (χ2v) is 7.37. The molecule has 1 aromatic rings. The van der Waals surface area contributed by atoms with Crippen LogP contribution in [0.1, 0.15) is 25.7 Å². The van der Waals surface area contributed by atoms with Gasteiger partial charge < -0.3 is 10.2 Å². The average Bonchev–Trinajstić information content (AvgIpc) is 3.48. The molecule has 1 aromatic carbocycles. The molecule has 1 saturated heterocycles. The summed E-state index contributed by atoms with van der Waals surface area (Å²) in [4.78, 5) is 19.0. The summed E-state index contributed by atoms with van der Waals surface area (Å²) >= 11 is 0. The number of carbonyl (C=O) groups is 1. The van der Waals surface area contributed by atoms with Crippen LogP contribution in [0.3, 0.4) is 0 Å². The van der Waals surface area contributed by atoms with E-state index in [0.717, 1.165) is 52.1 Å². The number of para-hydroxylation sites is 1. The number of anilines is 1. The van der Waals surface area contributed by atoms with Crippen molar-refractivity contribution < 1.29 is 4.79 Å². The van der Waals surface area contributed by atoms with E-state index in [-0.39, 0.29) is 5.91 Å². The number of hydrogen-bond acceptors (Lipinski definition) is 4. The van der Waals surface area contributed by atoms with Gasteiger partial charge in [0.15, 0.2) is 0 Å². The number of rotatable bonds is 9. The van der Waals surface area contributed by atoms with E-state index < -0.39 is 0 Å². The summed E-state index contributed by atoms with van der Waals surface area (Å²) in [5, 5.41) is 3.06. The van der Waals surface area contributed by atoms with Gasteiger partial charge in [-0.1, -0.05) is 18.2 Å². The van der Waals surface area contributed by atoms with Crippen LogP contribution in [0.2, 0.25) is 0 Å². The predicted molar refractivity (Wildman–Crippen MR) is 103 cm³/mol. The predicted octanol–water partition coefficient (Wildman–Crippen LogP) is 1.80. The molecule has 0 unspecified atom stereocenters. The molecule has 0 aromatic heterocycles. The van der Waals surface area contributed by atoms with Gasteiger partial charge in [-0.2, -0.15) is 0 Å². The lowest BCUT2D eigenvalue weighted by Gasteiger charge is -2.36. The van der Waals surface area contributed by atoms with Crippen molar-refractivity contribution in [3.63, 3.8) is 0 Å². The van der Waals surface area contributed by atoms with E-state index >= 15 is 0 Å². The first kappa shape index (κ1) is 18.2. The number of likely N-dealkylation sites (N-methyl/N-ethyl adjacent to an activating group) is 1. The molecular weight excluding hydrogens is 312 g/mol. The Labute approximate surface area is 152 Å². The van der Waals surface area contributed by atoms with Gasteiger partial charge in [0.2, 0.25) is 5.91 Å². The van der Waals surface area contributed by atoms with Crippen molar-refractivity contribution in [2.75, 3.05) is 57.8 Å². The lowest BCUT2D eigenvalue weighted by atomic mass is 10.2. The first-order valence-corrected chi connectivity index (χ1v) is 9.71. The van der Waals surface area contributed by atoms with E-state index in [9.17, 15) is 4.79 Å². The van der Waals surface area contributed by atoms with E-state index in [1.807, 2.05) is 7.05 Å². The number of benzene rings is 1. The Morgan fingerprint density at radius 2 is 1.84 bits per heavy atom. The van der Waals surface area contributed by atoms with E-state index in [1.54, 1.807) is 0 Å². The number of nitrogens with zero attached hydrogens (tertiary/aromatic N) is 3. The van der Waals surface area contributed by atoms with Crippen LogP contribution in [0.4, 0.5) is 5.69 Å². The fourth-order valence-corrected chi connectivity index (χ4v) is 3.48. The fraction of sp³-hybridized carbons (Fsp3) is 0.650. The minimum atomic E-state index is 0.172. The molecule has 1 saturated carbocycles. The molecule has 3 rings (SSSR count). The maximum atomic E-state index is 11.9. The summed E-state index contributed by atoms with van der Waals surface area (Å²) in [6.45, 7) is 6.97. The standard InChI is InChI=1S/C20H32N4O/c1-22(18-9-10-18)17-20(25)21-11-5-6-12-23-13-15-24(16-14-23)19-7-3-2-4-8-19/h2-4,7-8,18H,5-6,9-17H2,1H3,(H,21,25). The summed E-state index contributed by atoms with van der Waals surface area (Å²) < 4.78 is 0. The second-order valence-electron chi connectivity index (χ2n) is 7.37. The topological polar surface area (TPSA) is 38.8 Å². The van der Waals surface area contributed by atoms with Gasteiger partial charge in [-0.25, -0.2) is 0 Å². The summed E-state index contributed by atoms with van der Waals surface area (Å²) in [5.74, 6) is 0.172. The summed E-state index contributed by atoms with van der Waals surface area (Å²) in [6.07, 6.45) is 4.73. The maximum absolute atomic E-state index is 11.9. The molecule has 1 aliphatic carbocycles. The molecule has 138 valence electrons. The molecule has 0 bridgehead atoms. The molecule has 1 amide bonds. The molecule has 2 fully saturated rings. The third-order valence-electron chi connectivity index (χ3n) is 5.28. The lowest BCUT2D eigenvalue weighted by molar-refractivity contribution is -0.122. The number of carbonyl (C=O) groups excluding carboxylic acids is 1. The van der Waals surface area contributed by atoms with Crippen LogP contribution < -0.4 is 10.2 Å². The molecule has 1 N–H and O–H groups in total. The Kier molecular flexibility index (Phi) is 6.70. The highest BCUT2D eigenvalue weighted by molar-refractivity contribution is 5.78. The molecule has 0 radical (unpaired) electrons. The third-order valence-corrected chi connectivity index (χ3v) is 5.28. The lowest BCUT2D eigenvalue weighted by Crippen LogP contribution is -2.46. The molecule has 0 spiro atoms. The molecule has 0 atom stereocenters. The normalized spacial score (nSPS) is 18.6. The summed E-state index contributed by atoms with van der Waals surface area (Å²) in [5.41, 5.74) is 1.33. The van der Waals surface area contributed by atoms with Gasteiger partial charge in [0, 0.05) is 44.5 Å². The molecule has 1 aliphatic heterocycles. The molecule has 1 heterocycles. The van der Waals surface area contributed by atoms with E-state index in [4.69, 9.17) is 0 Å². The van der Waals surface area contributed by atoms with E-state index in [0.29, 0.717) is 12.6 Å². The van der Waals surface area contributed by atoms with Crippen LogP contribution in [0, 0.1) is 0 Å². The monoisotopic (exact) mass is 344 g/mol. The van der Waals surface area contributed by atoms with E-state index in [1.165, 1.54) is 18.5 Å². The maximum Gasteiger partial charge on any atom is 0.234 e. The van der Waals surface area contributed by atoms with Gasteiger partial charge in [0.05, 0.1) is 6.54 Å². The molecule has 25 heavy (non-hydrogen) atoms. The largest absolute Gasteiger partial charge is 0.369 e. The van der Waals surface area contributed by atoms with Crippen LogP contribution in [-0.2, 0) is 4.79 Å². The highest BCUT2D eigenvalue weighted by atomic mass is 16.2. The quantitative estimate of drug-likeness (QED) is 0.694. The smallest absolute Gasteiger partial charge is 0.234 e. The number of amides is 1. The second kappa shape index (κ2) is 9.20. The number of piperazine rings is 1. The Balaban J connectivity index is 1.22. The van der Waals surface area contributed by atoms with Crippen molar-refractivity contribution in [3.05, 3.63) is 30.3 Å². The Hall–Kier alpha value is -1.59. The van der Waals surface area contributed by atoms with Crippen LogP contribution >= 0.6 is 0 Å². The molecule has 5 heteroatoms. The Bertz CT molecular complexity index is 524. The van der Waals surface area contributed by atoms with Gasteiger partial charge in [-0.15, -0.1) is 0 Å². The fourth-order valence-electron chi connectivity index (χ4n) is 3.48. The zero-order valence-electron chi connectivity index (χ0n) is 15.5. The summed E-state index contributed by atoms with van der Waals surface area (Å²) in [6, 6.07) is 11.3. The zero-order chi connectivity index (χ0) is 17.5. The molecule has 5 nitrogen and oxygen atoms in total. The summed E-state index contributed by atoms with van der Waals surface area (Å²) in [7, 11) is 2.05. The zero-order valence-corrected chi connectivity index (χ0v) is 15.5. The van der Waals surface area contributed by atoms with Gasteiger partial charge in [-0.05, 0) is 51.4 Å². The minimum Gasteiger partial charge on any atom is -0.369 e. The Morgan fingerprint density at radius 1 is 1.12 bits per heavy atom. The SMILES string of the molecule is CN(CC(=O)NCCCCN1CCN(c2ccccc2)CC1)C1CC1. The van der Waals surface area contributed by atoms with Crippen molar-refractivity contribution in [3.8, 4) is 0 Å².